The van der Waals surface area contributed by atoms with Gasteiger partial charge in [-0.15, -0.1) is 5.10 Å². The second-order valence-corrected chi connectivity index (χ2v) is 7.15. The third-order valence-corrected chi connectivity index (χ3v) is 5.20. The van der Waals surface area contributed by atoms with Crippen molar-refractivity contribution in [1.82, 2.24) is 24.8 Å². The first-order chi connectivity index (χ1) is 15.1. The lowest BCUT2D eigenvalue weighted by Gasteiger charge is -2.33. The molecule has 2 aromatic heterocycles. The molecule has 1 aliphatic heterocycles. The third-order valence-electron chi connectivity index (χ3n) is 5.20. The summed E-state index contributed by atoms with van der Waals surface area (Å²) in [5.74, 6) is 0.418. The van der Waals surface area contributed by atoms with E-state index in [1.807, 2.05) is 12.1 Å². The van der Waals surface area contributed by atoms with Crippen LogP contribution in [0.15, 0.2) is 53.3 Å². The number of carbonyl (C=O) groups excluding carboxylic acids is 2. The Hall–Kier alpha value is -3.66. The van der Waals surface area contributed by atoms with Gasteiger partial charge in [-0.05, 0) is 18.2 Å². The van der Waals surface area contributed by atoms with E-state index in [4.69, 9.17) is 9.15 Å². The number of carbonyl (C=O) groups is 2. The summed E-state index contributed by atoms with van der Waals surface area (Å²) in [7, 11) is 1.54. The van der Waals surface area contributed by atoms with Crippen LogP contribution in [0.4, 0.5) is 0 Å². The largest absolute Gasteiger partial charge is 0.496 e. The number of methoxy groups -OCH3 is 1. The molecule has 0 unspecified atom stereocenters. The molecule has 1 aromatic carbocycles. The number of ether oxygens (including phenoxy) is 1. The van der Waals surface area contributed by atoms with Gasteiger partial charge in [-0.3, -0.25) is 9.59 Å². The molecule has 0 aliphatic carbocycles. The number of aliphatic hydroxyl groups excluding tert-OH is 1. The van der Waals surface area contributed by atoms with Crippen molar-refractivity contribution in [3.05, 3.63) is 65.9 Å². The Labute approximate surface area is 178 Å². The minimum atomic E-state index is -0.864. The van der Waals surface area contributed by atoms with Crippen molar-refractivity contribution in [2.24, 2.45) is 0 Å². The first kappa shape index (κ1) is 20.6. The van der Waals surface area contributed by atoms with Gasteiger partial charge in [-0.2, -0.15) is 0 Å². The molecule has 2 amide bonds. The highest BCUT2D eigenvalue weighted by Gasteiger charge is 2.28. The molecular weight excluding hydrogens is 402 g/mol. The minimum Gasteiger partial charge on any atom is -0.496 e. The summed E-state index contributed by atoms with van der Waals surface area (Å²) < 4.78 is 11.9. The van der Waals surface area contributed by atoms with E-state index in [9.17, 15) is 14.7 Å². The molecule has 162 valence electrons. The molecule has 10 heteroatoms. The zero-order valence-corrected chi connectivity index (χ0v) is 17.0. The molecule has 4 rings (SSSR count). The molecule has 3 aromatic rings. The van der Waals surface area contributed by atoms with Crippen LogP contribution in [0.5, 0.6) is 5.75 Å². The van der Waals surface area contributed by atoms with Crippen molar-refractivity contribution in [2.45, 2.75) is 12.6 Å². The number of rotatable bonds is 6. The molecule has 0 bridgehead atoms. The van der Waals surface area contributed by atoms with Gasteiger partial charge in [-0.1, -0.05) is 23.4 Å². The monoisotopic (exact) mass is 425 g/mol. The lowest BCUT2D eigenvalue weighted by atomic mass is 10.1. The van der Waals surface area contributed by atoms with Crippen LogP contribution in [0.2, 0.25) is 0 Å². The van der Waals surface area contributed by atoms with Gasteiger partial charge >= 0.3 is 0 Å². The average Bonchev–Trinajstić information content (AvgIpc) is 3.51. The smallest absolute Gasteiger partial charge is 0.289 e. The normalized spacial score (nSPS) is 15.0. The number of hydrogen-bond acceptors (Lipinski definition) is 7. The van der Waals surface area contributed by atoms with E-state index in [1.54, 1.807) is 41.2 Å². The molecule has 1 fully saturated rings. The van der Waals surface area contributed by atoms with Crippen LogP contribution in [0.3, 0.4) is 0 Å². The van der Waals surface area contributed by atoms with Crippen molar-refractivity contribution < 1.29 is 23.8 Å². The van der Waals surface area contributed by atoms with Crippen LogP contribution in [-0.2, 0) is 6.54 Å². The number of aliphatic hydroxyl groups is 1. The topological polar surface area (TPSA) is 114 Å². The van der Waals surface area contributed by atoms with E-state index >= 15 is 0 Å². The number of nitrogens with zero attached hydrogens (tertiary/aromatic N) is 5. The molecule has 0 spiro atoms. The van der Waals surface area contributed by atoms with Crippen molar-refractivity contribution in [1.29, 1.82) is 0 Å². The maximum absolute atomic E-state index is 12.8. The van der Waals surface area contributed by atoms with Crippen molar-refractivity contribution >= 4 is 11.8 Å². The second-order valence-electron chi connectivity index (χ2n) is 7.15. The predicted molar refractivity (Wildman–Crippen MR) is 108 cm³/mol. The molecule has 10 nitrogen and oxygen atoms in total. The predicted octanol–water partition coefficient (Wildman–Crippen LogP) is 1.21. The van der Waals surface area contributed by atoms with E-state index in [2.05, 4.69) is 10.3 Å². The summed E-state index contributed by atoms with van der Waals surface area (Å²) >= 11 is 0. The first-order valence-electron chi connectivity index (χ1n) is 9.90. The average molecular weight is 425 g/mol. The fourth-order valence-corrected chi connectivity index (χ4v) is 3.53. The molecule has 1 aliphatic rings. The van der Waals surface area contributed by atoms with Gasteiger partial charge in [0.25, 0.3) is 11.8 Å². The van der Waals surface area contributed by atoms with Gasteiger partial charge in [0.2, 0.25) is 0 Å². The zero-order chi connectivity index (χ0) is 21.8. The second kappa shape index (κ2) is 9.00. The molecule has 0 saturated carbocycles. The van der Waals surface area contributed by atoms with E-state index in [-0.39, 0.29) is 29.8 Å². The Bertz CT molecular complexity index is 1040. The molecule has 3 heterocycles. The first-order valence-corrected chi connectivity index (χ1v) is 9.90. The number of hydrogen-bond donors (Lipinski definition) is 1. The van der Waals surface area contributed by atoms with Crippen molar-refractivity contribution in [3.63, 3.8) is 0 Å². The summed E-state index contributed by atoms with van der Waals surface area (Å²) in [6.07, 6.45) is 2.11. The lowest BCUT2D eigenvalue weighted by Crippen LogP contribution is -2.50. The van der Waals surface area contributed by atoms with Crippen LogP contribution < -0.4 is 4.74 Å². The maximum Gasteiger partial charge on any atom is 0.289 e. The van der Waals surface area contributed by atoms with Crippen LogP contribution in [0.1, 0.15) is 32.7 Å². The number of piperazine rings is 1. The third kappa shape index (κ3) is 4.43. The van der Waals surface area contributed by atoms with Gasteiger partial charge < -0.3 is 24.1 Å². The SMILES string of the molecule is COc1ccccc1[C@@H](O)Cn1cc(C(=O)N2CCN(C(=O)c3ccco3)CC2)nn1. The summed E-state index contributed by atoms with van der Waals surface area (Å²) in [4.78, 5) is 28.4. The molecule has 1 N–H and O–H groups in total. The number of amides is 2. The Morgan fingerprint density at radius 2 is 1.81 bits per heavy atom. The highest BCUT2D eigenvalue weighted by Crippen LogP contribution is 2.25. The quantitative estimate of drug-likeness (QED) is 0.631. The summed E-state index contributed by atoms with van der Waals surface area (Å²) in [5, 5.41) is 18.5. The van der Waals surface area contributed by atoms with Gasteiger partial charge in [0.1, 0.15) is 11.9 Å². The van der Waals surface area contributed by atoms with Crippen LogP contribution in [0, 0.1) is 0 Å². The van der Waals surface area contributed by atoms with Crippen LogP contribution in [0.25, 0.3) is 0 Å². The Kier molecular flexibility index (Phi) is 5.99. The standard InChI is InChI=1S/C21H23N5O5/c1-30-18-6-3-2-5-15(18)17(27)14-26-13-16(22-23-26)20(28)24-8-10-25(11-9-24)21(29)19-7-4-12-31-19/h2-7,12-13,17,27H,8-11,14H2,1H3/t17-/m0/s1. The summed E-state index contributed by atoms with van der Waals surface area (Å²) in [5.41, 5.74) is 0.823. The van der Waals surface area contributed by atoms with Gasteiger partial charge in [-0.25, -0.2) is 4.68 Å². The molecule has 1 saturated heterocycles. The van der Waals surface area contributed by atoms with Crippen LogP contribution in [-0.4, -0.2) is 75.0 Å². The Morgan fingerprint density at radius 3 is 2.48 bits per heavy atom. The fourth-order valence-electron chi connectivity index (χ4n) is 3.53. The molecule has 31 heavy (non-hydrogen) atoms. The van der Waals surface area contributed by atoms with Gasteiger partial charge in [0, 0.05) is 31.7 Å². The Morgan fingerprint density at radius 1 is 1.10 bits per heavy atom. The van der Waals surface area contributed by atoms with Gasteiger partial charge in [0.05, 0.1) is 26.1 Å². The van der Waals surface area contributed by atoms with E-state index < -0.39 is 6.10 Å². The van der Waals surface area contributed by atoms with Gasteiger partial charge in [0.15, 0.2) is 11.5 Å². The Balaban J connectivity index is 1.35. The van der Waals surface area contributed by atoms with E-state index in [0.717, 1.165) is 0 Å². The van der Waals surface area contributed by atoms with Crippen molar-refractivity contribution in [3.8, 4) is 5.75 Å². The minimum absolute atomic E-state index is 0.131. The van der Waals surface area contributed by atoms with E-state index in [0.29, 0.717) is 37.5 Å². The van der Waals surface area contributed by atoms with E-state index in [1.165, 1.54) is 17.1 Å². The lowest BCUT2D eigenvalue weighted by molar-refractivity contribution is 0.0515. The molecule has 1 atom stereocenters. The number of aromatic nitrogens is 3. The number of benzene rings is 1. The van der Waals surface area contributed by atoms with Crippen LogP contribution >= 0.6 is 0 Å². The van der Waals surface area contributed by atoms with Crippen molar-refractivity contribution in [2.75, 3.05) is 33.3 Å². The summed E-state index contributed by atoms with van der Waals surface area (Å²) in [6.45, 7) is 1.73. The zero-order valence-electron chi connectivity index (χ0n) is 17.0. The molecule has 0 radical (unpaired) electrons. The number of furan rings is 1. The fraction of sp³-hybridized carbons (Fsp3) is 0.333. The highest BCUT2D eigenvalue weighted by atomic mass is 16.5. The summed E-state index contributed by atoms with van der Waals surface area (Å²) in [6, 6.07) is 10.5. The molecular formula is C21H23N5O5. The highest BCUT2D eigenvalue weighted by molar-refractivity contribution is 5.93. The maximum atomic E-state index is 12.8. The number of para-hydroxylation sites is 1.